The van der Waals surface area contributed by atoms with Gasteiger partial charge in [-0.25, -0.2) is 0 Å². The van der Waals surface area contributed by atoms with E-state index in [1.165, 1.54) is 0 Å². The van der Waals surface area contributed by atoms with Gasteiger partial charge in [0.25, 0.3) is 0 Å². The number of ketones is 1. The molecule has 0 N–H and O–H groups in total. The van der Waals surface area contributed by atoms with E-state index in [0.717, 1.165) is 12.8 Å². The molecule has 0 aromatic rings. The van der Waals surface area contributed by atoms with Gasteiger partial charge in [0.15, 0.2) is 0 Å². The molecule has 0 unspecified atom stereocenters. The van der Waals surface area contributed by atoms with E-state index in [-0.39, 0.29) is 23.6 Å². The molecule has 0 bridgehead atoms. The first-order valence-corrected chi connectivity index (χ1v) is 4.95. The van der Waals surface area contributed by atoms with Gasteiger partial charge >= 0.3 is 5.97 Å². The van der Waals surface area contributed by atoms with E-state index in [4.69, 9.17) is 4.74 Å². The first-order chi connectivity index (χ1) is 6.25. The maximum atomic E-state index is 11.3. The summed E-state index contributed by atoms with van der Waals surface area (Å²) >= 11 is 0. The molecule has 72 valence electrons. The minimum atomic E-state index is -0.159. The lowest BCUT2D eigenvalue weighted by molar-refractivity contribution is -0.146. The number of hydrogen-bond donors (Lipinski definition) is 0. The van der Waals surface area contributed by atoms with Gasteiger partial charge in [0.05, 0.1) is 12.5 Å². The quantitative estimate of drug-likeness (QED) is 0.602. The molecule has 0 heterocycles. The second kappa shape index (κ2) is 3.13. The van der Waals surface area contributed by atoms with Gasteiger partial charge in [0.2, 0.25) is 0 Å². The maximum absolute atomic E-state index is 11.3. The number of fused-ring (bicyclic) bond motifs is 1. The van der Waals surface area contributed by atoms with Crippen molar-refractivity contribution in [3.8, 4) is 0 Å². The van der Waals surface area contributed by atoms with Crippen LogP contribution in [0.4, 0.5) is 0 Å². The smallest absolute Gasteiger partial charge is 0.309 e. The summed E-state index contributed by atoms with van der Waals surface area (Å²) < 4.78 is 4.91. The van der Waals surface area contributed by atoms with E-state index in [1.54, 1.807) is 6.92 Å². The predicted octanol–water partition coefficient (Wildman–Crippen LogP) is 1.16. The third kappa shape index (κ3) is 1.36. The van der Waals surface area contributed by atoms with Crippen molar-refractivity contribution in [3.05, 3.63) is 0 Å². The van der Waals surface area contributed by atoms with Crippen LogP contribution in [0.5, 0.6) is 0 Å². The predicted molar refractivity (Wildman–Crippen MR) is 46.0 cm³/mol. The van der Waals surface area contributed by atoms with Crippen LogP contribution < -0.4 is 0 Å². The second-order valence-corrected chi connectivity index (χ2v) is 3.83. The van der Waals surface area contributed by atoms with Crippen LogP contribution in [0.2, 0.25) is 0 Å². The molecule has 2 fully saturated rings. The first kappa shape index (κ1) is 8.73. The molecule has 3 atom stereocenters. The highest BCUT2D eigenvalue weighted by molar-refractivity contribution is 5.93. The zero-order valence-corrected chi connectivity index (χ0v) is 7.79. The summed E-state index contributed by atoms with van der Waals surface area (Å²) in [5, 5.41) is 0. The Hall–Kier alpha value is -0.860. The maximum Gasteiger partial charge on any atom is 0.309 e. The lowest BCUT2D eigenvalue weighted by Crippen LogP contribution is -2.11. The van der Waals surface area contributed by atoms with E-state index in [9.17, 15) is 9.59 Å². The zero-order chi connectivity index (χ0) is 9.42. The molecule has 0 radical (unpaired) electrons. The standard InChI is InChI=1S/C10H14O3/c1-2-13-10(12)9-6-4-3-5-7(11)8(6)9/h6,8-9H,2-5H2,1H3/t6-,8-,9-/m1/s1. The molecular formula is C10H14O3. The van der Waals surface area contributed by atoms with E-state index in [1.807, 2.05) is 0 Å². The van der Waals surface area contributed by atoms with Gasteiger partial charge in [0, 0.05) is 12.3 Å². The van der Waals surface area contributed by atoms with Crippen LogP contribution >= 0.6 is 0 Å². The summed E-state index contributed by atoms with van der Waals surface area (Å²) in [6.07, 6.45) is 2.65. The summed E-state index contributed by atoms with van der Waals surface area (Å²) in [7, 11) is 0. The molecule has 0 aromatic carbocycles. The average molecular weight is 182 g/mol. The Bertz CT molecular complexity index is 247. The SMILES string of the molecule is CCOC(=O)[C@@H]1[C@@H]2CCCC(=O)[C@@H]21. The van der Waals surface area contributed by atoms with Crippen LogP contribution in [0.1, 0.15) is 26.2 Å². The monoisotopic (exact) mass is 182 g/mol. The highest BCUT2D eigenvalue weighted by Crippen LogP contribution is 2.54. The molecule has 0 saturated heterocycles. The van der Waals surface area contributed by atoms with E-state index < -0.39 is 0 Å². The highest BCUT2D eigenvalue weighted by Gasteiger charge is 2.60. The fraction of sp³-hybridized carbons (Fsp3) is 0.800. The Balaban J connectivity index is 1.97. The van der Waals surface area contributed by atoms with Crippen molar-refractivity contribution < 1.29 is 14.3 Å². The van der Waals surface area contributed by atoms with E-state index in [2.05, 4.69) is 0 Å². The Kier molecular flexibility index (Phi) is 2.10. The van der Waals surface area contributed by atoms with Gasteiger partial charge in [-0.15, -0.1) is 0 Å². The lowest BCUT2D eigenvalue weighted by atomic mass is 10.00. The number of carbonyl (C=O) groups excluding carboxylic acids is 2. The van der Waals surface area contributed by atoms with Crippen LogP contribution in [0.25, 0.3) is 0 Å². The van der Waals surface area contributed by atoms with Crippen molar-refractivity contribution in [2.75, 3.05) is 6.61 Å². The molecule has 0 aliphatic heterocycles. The molecule has 0 spiro atoms. The molecule has 0 aromatic heterocycles. The average Bonchev–Trinajstić information content (AvgIpc) is 2.80. The number of carbonyl (C=O) groups is 2. The van der Waals surface area contributed by atoms with Crippen LogP contribution in [0.15, 0.2) is 0 Å². The van der Waals surface area contributed by atoms with Gasteiger partial charge in [-0.2, -0.15) is 0 Å². The molecule has 3 heteroatoms. The molecule has 2 aliphatic carbocycles. The molecule has 2 rings (SSSR count). The molecule has 0 amide bonds. The van der Waals surface area contributed by atoms with Gasteiger partial charge in [-0.3, -0.25) is 9.59 Å². The Morgan fingerprint density at radius 2 is 2.38 bits per heavy atom. The molecule has 2 aliphatic rings. The highest BCUT2D eigenvalue weighted by atomic mass is 16.5. The topological polar surface area (TPSA) is 43.4 Å². The van der Waals surface area contributed by atoms with E-state index >= 15 is 0 Å². The van der Waals surface area contributed by atoms with E-state index in [0.29, 0.717) is 18.9 Å². The van der Waals surface area contributed by atoms with Crippen molar-refractivity contribution in [2.45, 2.75) is 26.2 Å². The second-order valence-electron chi connectivity index (χ2n) is 3.83. The number of Topliss-reactive ketones (excluding diaryl/α,β-unsaturated/α-hetero) is 1. The van der Waals surface area contributed by atoms with Crippen LogP contribution in [-0.4, -0.2) is 18.4 Å². The third-order valence-corrected chi connectivity index (χ3v) is 3.06. The molecular weight excluding hydrogens is 168 g/mol. The van der Waals surface area contributed by atoms with Crippen LogP contribution in [-0.2, 0) is 14.3 Å². The van der Waals surface area contributed by atoms with Crippen molar-refractivity contribution in [2.24, 2.45) is 17.8 Å². The minimum absolute atomic E-state index is 0.0211. The van der Waals surface area contributed by atoms with Crippen LogP contribution in [0, 0.1) is 17.8 Å². The first-order valence-electron chi connectivity index (χ1n) is 4.95. The van der Waals surface area contributed by atoms with Gasteiger partial charge < -0.3 is 4.74 Å². The fourth-order valence-corrected chi connectivity index (χ4v) is 2.41. The number of hydrogen-bond acceptors (Lipinski definition) is 3. The van der Waals surface area contributed by atoms with Gasteiger partial charge in [0.1, 0.15) is 5.78 Å². The Morgan fingerprint density at radius 3 is 3.00 bits per heavy atom. The van der Waals surface area contributed by atoms with Crippen molar-refractivity contribution in [1.82, 2.24) is 0 Å². The lowest BCUT2D eigenvalue weighted by Gasteiger charge is -2.04. The van der Waals surface area contributed by atoms with Crippen molar-refractivity contribution >= 4 is 11.8 Å². The summed E-state index contributed by atoms with van der Waals surface area (Å²) in [4.78, 5) is 22.7. The number of esters is 1. The third-order valence-electron chi connectivity index (χ3n) is 3.06. The largest absolute Gasteiger partial charge is 0.466 e. The van der Waals surface area contributed by atoms with Gasteiger partial charge in [-0.05, 0) is 25.7 Å². The normalized spacial score (nSPS) is 36.7. The number of rotatable bonds is 2. The summed E-state index contributed by atoms with van der Waals surface area (Å²) in [5.41, 5.74) is 0. The molecule has 2 saturated carbocycles. The minimum Gasteiger partial charge on any atom is -0.466 e. The van der Waals surface area contributed by atoms with Gasteiger partial charge in [-0.1, -0.05) is 0 Å². The molecule has 13 heavy (non-hydrogen) atoms. The van der Waals surface area contributed by atoms with Crippen molar-refractivity contribution in [1.29, 1.82) is 0 Å². The summed E-state index contributed by atoms with van der Waals surface area (Å²) in [5.74, 6) is 0.366. The Labute approximate surface area is 77.4 Å². The fourth-order valence-electron chi connectivity index (χ4n) is 2.41. The number of ether oxygens (including phenoxy) is 1. The molecule has 3 nitrogen and oxygen atoms in total. The summed E-state index contributed by atoms with van der Waals surface area (Å²) in [6, 6.07) is 0. The van der Waals surface area contributed by atoms with Crippen molar-refractivity contribution in [3.63, 3.8) is 0 Å². The zero-order valence-electron chi connectivity index (χ0n) is 7.79. The van der Waals surface area contributed by atoms with Crippen LogP contribution in [0.3, 0.4) is 0 Å². The summed E-state index contributed by atoms with van der Waals surface area (Å²) in [6.45, 7) is 2.22. The Morgan fingerprint density at radius 1 is 1.62 bits per heavy atom.